The molecule has 1 heteroatoms. The van der Waals surface area contributed by atoms with E-state index >= 15 is 0 Å². The molecule has 0 saturated heterocycles. The normalized spacial score (nSPS) is 36.8. The summed E-state index contributed by atoms with van der Waals surface area (Å²) in [5, 5.41) is 3.09. The van der Waals surface area contributed by atoms with Gasteiger partial charge in [-0.2, -0.15) is 0 Å². The fraction of sp³-hybridized carbons (Fsp3) is 0.556. The molecule has 2 atom stereocenters. The van der Waals surface area contributed by atoms with E-state index in [1.54, 1.807) is 0 Å². The van der Waals surface area contributed by atoms with Gasteiger partial charge in [-0.25, -0.2) is 0 Å². The van der Waals surface area contributed by atoms with Crippen molar-refractivity contribution in [3.05, 3.63) is 24.9 Å². The molecule has 1 aliphatic rings. The van der Waals surface area contributed by atoms with Crippen molar-refractivity contribution in [1.82, 2.24) is 5.32 Å². The maximum atomic E-state index is 3.95. The first kappa shape index (κ1) is 7.39. The molecule has 0 radical (unpaired) electrons. The van der Waals surface area contributed by atoms with Crippen LogP contribution in [0.5, 0.6) is 0 Å². The molecule has 0 heterocycles. The Morgan fingerprint density at radius 3 is 2.70 bits per heavy atom. The van der Waals surface area contributed by atoms with Gasteiger partial charge in [0.1, 0.15) is 0 Å². The average molecular weight is 137 g/mol. The lowest BCUT2D eigenvalue weighted by Gasteiger charge is -2.12. The predicted molar refractivity (Wildman–Crippen MR) is 44.6 cm³/mol. The van der Waals surface area contributed by atoms with Crippen LogP contribution in [-0.4, -0.2) is 7.05 Å². The molecule has 1 N–H and O–H groups in total. The van der Waals surface area contributed by atoms with E-state index in [2.05, 4.69) is 25.4 Å². The predicted octanol–water partition coefficient (Wildman–Crippen LogP) is 1.93. The first-order valence-electron chi connectivity index (χ1n) is 3.65. The molecular formula is C9H15N. The Hall–Kier alpha value is -0.720. The minimum atomic E-state index is 0.302. The summed E-state index contributed by atoms with van der Waals surface area (Å²) in [6.07, 6.45) is 3.22. The molecule has 0 aliphatic heterocycles. The summed E-state index contributed by atoms with van der Waals surface area (Å²) in [6, 6.07) is 0. The van der Waals surface area contributed by atoms with E-state index in [1.165, 1.54) is 6.42 Å². The van der Waals surface area contributed by atoms with Crippen molar-refractivity contribution in [2.75, 3.05) is 7.05 Å². The van der Waals surface area contributed by atoms with Crippen molar-refractivity contribution in [3.8, 4) is 0 Å². The zero-order valence-corrected chi connectivity index (χ0v) is 6.78. The summed E-state index contributed by atoms with van der Waals surface area (Å²) in [6.45, 7) is 9.93. The molecule has 2 unspecified atom stereocenters. The van der Waals surface area contributed by atoms with Crippen LogP contribution in [0.3, 0.4) is 0 Å². The fourth-order valence-corrected chi connectivity index (χ4v) is 1.37. The molecule has 10 heavy (non-hydrogen) atoms. The molecule has 0 aromatic heterocycles. The van der Waals surface area contributed by atoms with Gasteiger partial charge in [-0.3, -0.25) is 0 Å². The van der Waals surface area contributed by atoms with Gasteiger partial charge in [-0.05, 0) is 12.3 Å². The number of hydrogen-bond donors (Lipinski definition) is 1. The van der Waals surface area contributed by atoms with Gasteiger partial charge in [0.15, 0.2) is 0 Å². The Labute approximate surface area is 62.8 Å². The monoisotopic (exact) mass is 137 g/mol. The molecule has 56 valence electrons. The maximum absolute atomic E-state index is 3.95. The van der Waals surface area contributed by atoms with Crippen molar-refractivity contribution in [3.63, 3.8) is 0 Å². The van der Waals surface area contributed by atoms with Crippen molar-refractivity contribution >= 4 is 0 Å². The second-order valence-corrected chi connectivity index (χ2v) is 3.19. The number of allylic oxidation sites excluding steroid dienone is 2. The highest BCUT2D eigenvalue weighted by Gasteiger charge is 2.49. The van der Waals surface area contributed by atoms with Gasteiger partial charge in [0.05, 0.1) is 0 Å². The molecule has 0 bridgehead atoms. The summed E-state index contributed by atoms with van der Waals surface area (Å²) in [7, 11) is 1.92. The molecule has 1 fully saturated rings. The molecular weight excluding hydrogens is 122 g/mol. The maximum Gasteiger partial charge on any atom is 0.0135 e. The summed E-state index contributed by atoms with van der Waals surface area (Å²) < 4.78 is 0. The zero-order valence-electron chi connectivity index (χ0n) is 6.78. The standard InChI is InChI=1S/C9H15N/c1-5-8-6-9(8,3)7(2)10-4/h5,8,10H,1-2,6H2,3-4H3. The van der Waals surface area contributed by atoms with Crippen LogP contribution >= 0.6 is 0 Å². The average Bonchev–Trinajstić information content (AvgIpc) is 2.61. The van der Waals surface area contributed by atoms with Crippen LogP contribution in [0.4, 0.5) is 0 Å². The fourth-order valence-electron chi connectivity index (χ4n) is 1.37. The Bertz CT molecular complexity index is 172. The smallest absolute Gasteiger partial charge is 0.0135 e. The Balaban J connectivity index is 2.58. The number of rotatable bonds is 3. The largest absolute Gasteiger partial charge is 0.391 e. The van der Waals surface area contributed by atoms with Gasteiger partial charge in [-0.1, -0.05) is 19.6 Å². The van der Waals surface area contributed by atoms with Crippen molar-refractivity contribution in [1.29, 1.82) is 0 Å². The van der Waals surface area contributed by atoms with E-state index in [4.69, 9.17) is 0 Å². The van der Waals surface area contributed by atoms with Crippen LogP contribution in [0.15, 0.2) is 24.9 Å². The van der Waals surface area contributed by atoms with Gasteiger partial charge in [-0.15, -0.1) is 6.58 Å². The SMILES string of the molecule is C=CC1CC1(C)C(=C)NC. The summed E-state index contributed by atoms with van der Waals surface area (Å²) in [4.78, 5) is 0. The molecule has 0 aromatic rings. The van der Waals surface area contributed by atoms with Gasteiger partial charge in [0, 0.05) is 18.2 Å². The number of nitrogens with one attached hydrogen (secondary N) is 1. The lowest BCUT2D eigenvalue weighted by Crippen LogP contribution is -2.14. The second kappa shape index (κ2) is 2.15. The van der Waals surface area contributed by atoms with Gasteiger partial charge >= 0.3 is 0 Å². The molecule has 1 nitrogen and oxygen atoms in total. The van der Waals surface area contributed by atoms with E-state index in [0.717, 1.165) is 5.70 Å². The number of hydrogen-bond acceptors (Lipinski definition) is 1. The van der Waals surface area contributed by atoms with E-state index in [-0.39, 0.29) is 0 Å². The van der Waals surface area contributed by atoms with Crippen molar-refractivity contribution < 1.29 is 0 Å². The highest BCUT2D eigenvalue weighted by molar-refractivity contribution is 5.23. The lowest BCUT2D eigenvalue weighted by molar-refractivity contribution is 0.601. The van der Waals surface area contributed by atoms with E-state index < -0.39 is 0 Å². The third-order valence-corrected chi connectivity index (χ3v) is 2.58. The molecule has 1 aliphatic carbocycles. The third kappa shape index (κ3) is 0.859. The quantitative estimate of drug-likeness (QED) is 0.586. The summed E-state index contributed by atoms with van der Waals surface area (Å²) in [5.41, 5.74) is 1.44. The highest BCUT2D eigenvalue weighted by atomic mass is 14.9. The van der Waals surface area contributed by atoms with Crippen LogP contribution in [-0.2, 0) is 0 Å². The highest BCUT2D eigenvalue weighted by Crippen LogP contribution is 2.56. The van der Waals surface area contributed by atoms with Crippen LogP contribution in [0, 0.1) is 11.3 Å². The molecule has 0 amide bonds. The first-order valence-corrected chi connectivity index (χ1v) is 3.65. The molecule has 0 spiro atoms. The van der Waals surface area contributed by atoms with Crippen LogP contribution in [0.25, 0.3) is 0 Å². The summed E-state index contributed by atoms with van der Waals surface area (Å²) >= 11 is 0. The van der Waals surface area contributed by atoms with Crippen LogP contribution < -0.4 is 5.32 Å². The minimum Gasteiger partial charge on any atom is -0.391 e. The van der Waals surface area contributed by atoms with Gasteiger partial charge in [0.2, 0.25) is 0 Å². The van der Waals surface area contributed by atoms with Crippen molar-refractivity contribution in [2.24, 2.45) is 11.3 Å². The third-order valence-electron chi connectivity index (χ3n) is 2.58. The minimum absolute atomic E-state index is 0.302. The molecule has 1 rings (SSSR count). The van der Waals surface area contributed by atoms with E-state index in [1.807, 2.05) is 13.1 Å². The van der Waals surface area contributed by atoms with Crippen LogP contribution in [0.1, 0.15) is 13.3 Å². The van der Waals surface area contributed by atoms with Gasteiger partial charge < -0.3 is 5.32 Å². The Morgan fingerprint density at radius 1 is 1.80 bits per heavy atom. The molecule has 1 saturated carbocycles. The van der Waals surface area contributed by atoms with Gasteiger partial charge in [0.25, 0.3) is 0 Å². The Morgan fingerprint density at radius 2 is 2.40 bits per heavy atom. The van der Waals surface area contributed by atoms with Crippen LogP contribution in [0.2, 0.25) is 0 Å². The zero-order chi connectivity index (χ0) is 7.78. The second-order valence-electron chi connectivity index (χ2n) is 3.19. The lowest BCUT2D eigenvalue weighted by atomic mass is 10.0. The first-order chi connectivity index (χ1) is 4.65. The van der Waals surface area contributed by atoms with E-state index in [9.17, 15) is 0 Å². The van der Waals surface area contributed by atoms with Crippen molar-refractivity contribution in [2.45, 2.75) is 13.3 Å². The van der Waals surface area contributed by atoms with E-state index in [0.29, 0.717) is 11.3 Å². The Kier molecular flexibility index (Phi) is 1.59. The topological polar surface area (TPSA) is 12.0 Å². The molecule has 0 aromatic carbocycles. The summed E-state index contributed by atoms with van der Waals surface area (Å²) in [5.74, 6) is 0.646.